The molecule has 2 unspecified atom stereocenters. The molecule has 0 saturated heterocycles. The Labute approximate surface area is 113 Å². The van der Waals surface area contributed by atoms with Crippen LogP contribution in [0, 0.1) is 6.92 Å². The Balaban J connectivity index is 1.54. The summed E-state index contributed by atoms with van der Waals surface area (Å²) in [6.07, 6.45) is 1.20. The SMILES string of the molecule is Cc1ccc(C(C)NCC2Cc3ccccc3O2)o1. The molecule has 0 spiro atoms. The second-order valence-electron chi connectivity index (χ2n) is 5.13. The number of rotatable bonds is 4. The molecule has 0 fully saturated rings. The van der Waals surface area contributed by atoms with Crippen molar-refractivity contribution < 1.29 is 9.15 Å². The van der Waals surface area contributed by atoms with Gasteiger partial charge in [-0.15, -0.1) is 0 Å². The monoisotopic (exact) mass is 257 g/mol. The van der Waals surface area contributed by atoms with E-state index in [0.717, 1.165) is 30.2 Å². The second-order valence-corrected chi connectivity index (χ2v) is 5.13. The van der Waals surface area contributed by atoms with Crippen molar-refractivity contribution in [2.75, 3.05) is 6.54 Å². The van der Waals surface area contributed by atoms with Gasteiger partial charge in [0.25, 0.3) is 0 Å². The fourth-order valence-corrected chi connectivity index (χ4v) is 2.46. The van der Waals surface area contributed by atoms with E-state index < -0.39 is 0 Å². The molecule has 3 heteroatoms. The van der Waals surface area contributed by atoms with Crippen LogP contribution in [0.3, 0.4) is 0 Å². The molecule has 1 aliphatic heterocycles. The van der Waals surface area contributed by atoms with Crippen LogP contribution in [-0.4, -0.2) is 12.6 Å². The molecule has 3 nitrogen and oxygen atoms in total. The summed E-state index contributed by atoms with van der Waals surface area (Å²) in [7, 11) is 0. The Morgan fingerprint density at radius 2 is 2.11 bits per heavy atom. The predicted molar refractivity (Wildman–Crippen MR) is 74.4 cm³/mol. The van der Waals surface area contributed by atoms with Crippen molar-refractivity contribution in [3.63, 3.8) is 0 Å². The largest absolute Gasteiger partial charge is 0.488 e. The van der Waals surface area contributed by atoms with Gasteiger partial charge < -0.3 is 14.5 Å². The van der Waals surface area contributed by atoms with Crippen molar-refractivity contribution in [1.29, 1.82) is 0 Å². The first-order chi connectivity index (χ1) is 9.22. The minimum atomic E-state index is 0.209. The van der Waals surface area contributed by atoms with E-state index in [-0.39, 0.29) is 12.1 Å². The maximum Gasteiger partial charge on any atom is 0.123 e. The number of nitrogens with one attached hydrogen (secondary N) is 1. The first kappa shape index (κ1) is 12.3. The fourth-order valence-electron chi connectivity index (χ4n) is 2.46. The zero-order valence-electron chi connectivity index (χ0n) is 11.3. The van der Waals surface area contributed by atoms with Crippen LogP contribution in [0.4, 0.5) is 0 Å². The molecule has 2 atom stereocenters. The van der Waals surface area contributed by atoms with E-state index >= 15 is 0 Å². The van der Waals surface area contributed by atoms with E-state index in [4.69, 9.17) is 9.15 Å². The van der Waals surface area contributed by atoms with Crippen molar-refractivity contribution in [3.05, 3.63) is 53.5 Å². The maximum atomic E-state index is 5.91. The normalized spacial score (nSPS) is 18.9. The highest BCUT2D eigenvalue weighted by Gasteiger charge is 2.22. The summed E-state index contributed by atoms with van der Waals surface area (Å²) in [6, 6.07) is 12.5. The standard InChI is InChI=1S/C16H19NO2/c1-11-7-8-15(18-11)12(2)17-10-14-9-13-5-3-4-6-16(13)19-14/h3-8,12,14,17H,9-10H2,1-2H3. The smallest absolute Gasteiger partial charge is 0.123 e. The first-order valence-corrected chi connectivity index (χ1v) is 6.76. The summed E-state index contributed by atoms with van der Waals surface area (Å²) in [6.45, 7) is 4.91. The summed E-state index contributed by atoms with van der Waals surface area (Å²) in [5.41, 5.74) is 1.30. The molecule has 0 aliphatic carbocycles. The van der Waals surface area contributed by atoms with Gasteiger partial charge in [-0.2, -0.15) is 0 Å². The van der Waals surface area contributed by atoms with Crippen LogP contribution < -0.4 is 10.1 Å². The molecule has 0 bridgehead atoms. The van der Waals surface area contributed by atoms with E-state index in [9.17, 15) is 0 Å². The minimum Gasteiger partial charge on any atom is -0.488 e. The molecule has 100 valence electrons. The van der Waals surface area contributed by atoms with Crippen LogP contribution in [0.2, 0.25) is 0 Å². The predicted octanol–water partition coefficient (Wildman–Crippen LogP) is 3.24. The van der Waals surface area contributed by atoms with E-state index in [1.807, 2.05) is 31.2 Å². The number of benzene rings is 1. The van der Waals surface area contributed by atoms with Gasteiger partial charge in [0.2, 0.25) is 0 Å². The number of aryl methyl sites for hydroxylation is 1. The van der Waals surface area contributed by atoms with E-state index in [0.29, 0.717) is 0 Å². The lowest BCUT2D eigenvalue weighted by Gasteiger charge is -2.15. The summed E-state index contributed by atoms with van der Waals surface area (Å²) in [5.74, 6) is 2.96. The Hall–Kier alpha value is -1.74. The number of hydrogen-bond acceptors (Lipinski definition) is 3. The van der Waals surface area contributed by atoms with E-state index in [1.165, 1.54) is 5.56 Å². The zero-order chi connectivity index (χ0) is 13.2. The Morgan fingerprint density at radius 1 is 1.26 bits per heavy atom. The van der Waals surface area contributed by atoms with Gasteiger partial charge in [0, 0.05) is 13.0 Å². The first-order valence-electron chi connectivity index (χ1n) is 6.76. The molecular weight excluding hydrogens is 238 g/mol. The third kappa shape index (κ3) is 2.66. The average molecular weight is 257 g/mol. The van der Waals surface area contributed by atoms with Crippen molar-refractivity contribution in [2.45, 2.75) is 32.4 Å². The maximum absolute atomic E-state index is 5.91. The van der Waals surface area contributed by atoms with Crippen LogP contribution in [0.5, 0.6) is 5.75 Å². The number of para-hydroxylation sites is 1. The van der Waals surface area contributed by atoms with Gasteiger partial charge in [0.1, 0.15) is 23.4 Å². The van der Waals surface area contributed by atoms with Gasteiger partial charge in [0.05, 0.1) is 6.04 Å². The second kappa shape index (κ2) is 5.10. The Kier molecular flexibility index (Phi) is 3.30. The van der Waals surface area contributed by atoms with Crippen LogP contribution in [0.15, 0.2) is 40.8 Å². The number of fused-ring (bicyclic) bond motifs is 1. The molecule has 0 saturated carbocycles. The molecule has 1 aromatic heterocycles. The minimum absolute atomic E-state index is 0.209. The van der Waals surface area contributed by atoms with E-state index in [1.54, 1.807) is 0 Å². The molecular formula is C16H19NO2. The van der Waals surface area contributed by atoms with Crippen LogP contribution >= 0.6 is 0 Å². The molecule has 0 radical (unpaired) electrons. The highest BCUT2D eigenvalue weighted by atomic mass is 16.5. The zero-order valence-corrected chi connectivity index (χ0v) is 11.3. The van der Waals surface area contributed by atoms with Gasteiger partial charge in [0.15, 0.2) is 0 Å². The molecule has 19 heavy (non-hydrogen) atoms. The van der Waals surface area contributed by atoms with Crippen LogP contribution in [0.1, 0.15) is 30.0 Å². The van der Waals surface area contributed by atoms with Crippen LogP contribution in [0.25, 0.3) is 0 Å². The molecule has 1 aromatic carbocycles. The molecule has 0 amide bonds. The number of ether oxygens (including phenoxy) is 1. The molecule has 1 aliphatic rings. The lowest BCUT2D eigenvalue weighted by Crippen LogP contribution is -2.31. The Bertz CT molecular complexity index is 536. The highest BCUT2D eigenvalue weighted by molar-refractivity contribution is 5.37. The van der Waals surface area contributed by atoms with Gasteiger partial charge in [-0.05, 0) is 37.6 Å². The van der Waals surface area contributed by atoms with Gasteiger partial charge >= 0.3 is 0 Å². The lowest BCUT2D eigenvalue weighted by atomic mass is 10.1. The molecule has 3 rings (SSSR count). The third-order valence-electron chi connectivity index (χ3n) is 3.55. The van der Waals surface area contributed by atoms with E-state index in [2.05, 4.69) is 24.4 Å². The third-order valence-corrected chi connectivity index (χ3v) is 3.55. The quantitative estimate of drug-likeness (QED) is 0.913. The van der Waals surface area contributed by atoms with Crippen molar-refractivity contribution in [2.24, 2.45) is 0 Å². The number of furan rings is 1. The average Bonchev–Trinajstić information content (AvgIpc) is 3.01. The fraction of sp³-hybridized carbons (Fsp3) is 0.375. The van der Waals surface area contributed by atoms with Gasteiger partial charge in [-0.1, -0.05) is 18.2 Å². The molecule has 2 heterocycles. The lowest BCUT2D eigenvalue weighted by molar-refractivity contribution is 0.220. The summed E-state index contributed by atoms with van der Waals surface area (Å²) in [4.78, 5) is 0. The highest BCUT2D eigenvalue weighted by Crippen LogP contribution is 2.28. The van der Waals surface area contributed by atoms with Gasteiger partial charge in [-0.25, -0.2) is 0 Å². The number of hydrogen-bond donors (Lipinski definition) is 1. The summed E-state index contributed by atoms with van der Waals surface area (Å²) >= 11 is 0. The van der Waals surface area contributed by atoms with Crippen molar-refractivity contribution >= 4 is 0 Å². The Morgan fingerprint density at radius 3 is 2.84 bits per heavy atom. The van der Waals surface area contributed by atoms with Gasteiger partial charge in [-0.3, -0.25) is 0 Å². The van der Waals surface area contributed by atoms with Crippen molar-refractivity contribution in [1.82, 2.24) is 5.32 Å². The summed E-state index contributed by atoms with van der Waals surface area (Å²) in [5, 5.41) is 3.47. The molecule has 1 N–H and O–H groups in total. The van der Waals surface area contributed by atoms with Crippen molar-refractivity contribution in [3.8, 4) is 5.75 Å². The topological polar surface area (TPSA) is 34.4 Å². The van der Waals surface area contributed by atoms with Crippen LogP contribution in [-0.2, 0) is 6.42 Å². The molecule has 2 aromatic rings. The summed E-state index contributed by atoms with van der Waals surface area (Å²) < 4.78 is 11.5.